The van der Waals surface area contributed by atoms with Gasteiger partial charge in [0.05, 0.1) is 6.61 Å². The Morgan fingerprint density at radius 1 is 1.33 bits per heavy atom. The van der Waals surface area contributed by atoms with Crippen molar-refractivity contribution < 1.29 is 9.53 Å². The van der Waals surface area contributed by atoms with E-state index < -0.39 is 0 Å². The third-order valence-electron chi connectivity index (χ3n) is 4.02. The second-order valence-electron chi connectivity index (χ2n) is 5.30. The van der Waals surface area contributed by atoms with Crippen LogP contribution in [-0.2, 0) is 9.53 Å². The molecule has 0 bridgehead atoms. The summed E-state index contributed by atoms with van der Waals surface area (Å²) in [6.07, 6.45) is 6.03. The number of likely N-dealkylation sites (N-methyl/N-ethyl adjacent to an activating group) is 1. The third kappa shape index (κ3) is 4.25. The Kier molecular flexibility index (Phi) is 6.65. The molecule has 4 nitrogen and oxygen atoms in total. The molecular formula is C14H28N2O2. The van der Waals surface area contributed by atoms with Crippen LogP contribution in [0.3, 0.4) is 0 Å². The summed E-state index contributed by atoms with van der Waals surface area (Å²) < 4.78 is 5.28. The Morgan fingerprint density at radius 3 is 2.50 bits per heavy atom. The maximum absolute atomic E-state index is 12.0. The zero-order chi connectivity index (χ0) is 13.4. The minimum Gasteiger partial charge on any atom is -0.383 e. The number of carbonyl (C=O) groups excluding carboxylic acids is 1. The Hall–Kier alpha value is -0.610. The lowest BCUT2D eigenvalue weighted by Crippen LogP contribution is -2.55. The van der Waals surface area contributed by atoms with Crippen LogP contribution in [0.5, 0.6) is 0 Å². The molecule has 18 heavy (non-hydrogen) atoms. The summed E-state index contributed by atoms with van der Waals surface area (Å²) in [5.74, 6) is 0.325. The minimum absolute atomic E-state index is 0.0644. The summed E-state index contributed by atoms with van der Waals surface area (Å²) in [4.78, 5) is 14.0. The van der Waals surface area contributed by atoms with E-state index in [1.54, 1.807) is 7.11 Å². The monoisotopic (exact) mass is 256 g/mol. The predicted octanol–water partition coefficient (Wildman–Crippen LogP) is 1.79. The molecule has 1 fully saturated rings. The molecule has 106 valence electrons. The molecule has 1 aliphatic rings. The van der Waals surface area contributed by atoms with Crippen molar-refractivity contribution in [3.8, 4) is 0 Å². The fourth-order valence-electron chi connectivity index (χ4n) is 2.61. The van der Waals surface area contributed by atoms with Crippen molar-refractivity contribution >= 4 is 5.91 Å². The molecule has 0 radical (unpaired) electrons. The first-order chi connectivity index (χ1) is 8.67. The Balaban J connectivity index is 2.35. The molecule has 1 heterocycles. The van der Waals surface area contributed by atoms with Gasteiger partial charge in [0.2, 0.25) is 5.91 Å². The molecule has 0 saturated carbocycles. The summed E-state index contributed by atoms with van der Waals surface area (Å²) in [7, 11) is 3.72. The number of methoxy groups -OCH3 is 1. The zero-order valence-corrected chi connectivity index (χ0v) is 12.1. The van der Waals surface area contributed by atoms with Crippen molar-refractivity contribution in [3.05, 3.63) is 0 Å². The highest BCUT2D eigenvalue weighted by molar-refractivity contribution is 5.76. The number of amides is 1. The van der Waals surface area contributed by atoms with E-state index in [2.05, 4.69) is 12.2 Å². The number of carbonyl (C=O) groups is 1. The first-order valence-electron chi connectivity index (χ1n) is 7.13. The smallest absolute Gasteiger partial charge is 0.222 e. The van der Waals surface area contributed by atoms with Gasteiger partial charge < -0.3 is 15.0 Å². The summed E-state index contributed by atoms with van der Waals surface area (Å²) in [5, 5.41) is 3.37. The van der Waals surface area contributed by atoms with Crippen molar-refractivity contribution in [3.63, 3.8) is 0 Å². The fraction of sp³-hybridized carbons (Fsp3) is 0.929. The summed E-state index contributed by atoms with van der Waals surface area (Å²) in [6.45, 7) is 4.60. The molecule has 0 aromatic carbocycles. The van der Waals surface area contributed by atoms with Crippen LogP contribution in [-0.4, -0.2) is 50.2 Å². The van der Waals surface area contributed by atoms with Crippen LogP contribution in [0.15, 0.2) is 0 Å². The summed E-state index contributed by atoms with van der Waals surface area (Å²) in [5.41, 5.74) is 0.0644. The van der Waals surface area contributed by atoms with Crippen LogP contribution >= 0.6 is 0 Å². The number of likely N-dealkylation sites (tertiary alicyclic amines) is 1. The van der Waals surface area contributed by atoms with Crippen LogP contribution in [0.2, 0.25) is 0 Å². The lowest BCUT2D eigenvalue weighted by atomic mass is 9.88. The van der Waals surface area contributed by atoms with Gasteiger partial charge in [0, 0.05) is 32.2 Å². The normalized spacial score (nSPS) is 18.9. The van der Waals surface area contributed by atoms with Crippen LogP contribution in [0.4, 0.5) is 0 Å². The number of nitrogens with zero attached hydrogens (tertiary/aromatic N) is 1. The molecule has 4 heteroatoms. The van der Waals surface area contributed by atoms with E-state index in [0.29, 0.717) is 12.3 Å². The number of ether oxygens (including phenoxy) is 1. The molecular weight excluding hydrogens is 228 g/mol. The lowest BCUT2D eigenvalue weighted by Gasteiger charge is -2.41. The molecule has 1 N–H and O–H groups in total. The molecule has 1 aliphatic heterocycles. The van der Waals surface area contributed by atoms with Gasteiger partial charge in [0.1, 0.15) is 0 Å². The van der Waals surface area contributed by atoms with E-state index >= 15 is 0 Å². The van der Waals surface area contributed by atoms with Gasteiger partial charge in [0.15, 0.2) is 0 Å². The van der Waals surface area contributed by atoms with Crippen LogP contribution in [0.25, 0.3) is 0 Å². The number of nitrogens with one attached hydrogen (secondary N) is 1. The molecule has 0 aromatic rings. The second kappa shape index (κ2) is 7.74. The topological polar surface area (TPSA) is 41.6 Å². The van der Waals surface area contributed by atoms with Crippen molar-refractivity contribution in [2.24, 2.45) is 0 Å². The van der Waals surface area contributed by atoms with E-state index in [1.165, 1.54) is 6.42 Å². The van der Waals surface area contributed by atoms with Gasteiger partial charge in [-0.3, -0.25) is 4.79 Å². The molecule has 0 atom stereocenters. The van der Waals surface area contributed by atoms with E-state index in [-0.39, 0.29) is 5.54 Å². The van der Waals surface area contributed by atoms with Crippen molar-refractivity contribution in [1.29, 1.82) is 0 Å². The average Bonchev–Trinajstić information content (AvgIpc) is 2.40. The highest BCUT2D eigenvalue weighted by atomic mass is 16.5. The number of hydrogen-bond donors (Lipinski definition) is 1. The van der Waals surface area contributed by atoms with Gasteiger partial charge in [-0.2, -0.15) is 0 Å². The highest BCUT2D eigenvalue weighted by Crippen LogP contribution is 2.23. The first-order valence-corrected chi connectivity index (χ1v) is 7.13. The predicted molar refractivity (Wildman–Crippen MR) is 73.6 cm³/mol. The van der Waals surface area contributed by atoms with E-state index in [1.807, 2.05) is 11.9 Å². The first kappa shape index (κ1) is 15.4. The number of piperidine rings is 1. The fourth-order valence-corrected chi connectivity index (χ4v) is 2.61. The molecule has 0 aromatic heterocycles. The number of rotatable bonds is 7. The molecule has 1 rings (SSSR count). The summed E-state index contributed by atoms with van der Waals surface area (Å²) in [6, 6.07) is 0. The highest BCUT2D eigenvalue weighted by Gasteiger charge is 2.34. The van der Waals surface area contributed by atoms with E-state index in [4.69, 9.17) is 4.74 Å². The largest absolute Gasteiger partial charge is 0.383 e. The van der Waals surface area contributed by atoms with Crippen LogP contribution in [0.1, 0.15) is 45.4 Å². The van der Waals surface area contributed by atoms with E-state index in [0.717, 1.165) is 45.4 Å². The van der Waals surface area contributed by atoms with Gasteiger partial charge in [-0.15, -0.1) is 0 Å². The zero-order valence-electron chi connectivity index (χ0n) is 12.1. The standard InChI is InChI=1S/C14H28N2O2/c1-4-5-6-7-13(17)16-10-8-14(15-2,9-11-16)12-18-3/h15H,4-12H2,1-3H3. The van der Waals surface area contributed by atoms with Gasteiger partial charge in [-0.05, 0) is 26.3 Å². The van der Waals surface area contributed by atoms with Gasteiger partial charge in [0.25, 0.3) is 0 Å². The quantitative estimate of drug-likeness (QED) is 0.706. The summed E-state index contributed by atoms with van der Waals surface area (Å²) >= 11 is 0. The number of unbranched alkanes of at least 4 members (excludes halogenated alkanes) is 2. The molecule has 1 amide bonds. The van der Waals surface area contributed by atoms with Crippen molar-refractivity contribution in [2.45, 2.75) is 51.0 Å². The van der Waals surface area contributed by atoms with Gasteiger partial charge in [-0.1, -0.05) is 19.8 Å². The van der Waals surface area contributed by atoms with Crippen LogP contribution < -0.4 is 5.32 Å². The maximum Gasteiger partial charge on any atom is 0.222 e. The van der Waals surface area contributed by atoms with Gasteiger partial charge in [-0.25, -0.2) is 0 Å². The lowest BCUT2D eigenvalue weighted by molar-refractivity contribution is -0.133. The number of hydrogen-bond acceptors (Lipinski definition) is 3. The second-order valence-corrected chi connectivity index (χ2v) is 5.30. The Morgan fingerprint density at radius 2 is 2.00 bits per heavy atom. The van der Waals surface area contributed by atoms with E-state index in [9.17, 15) is 4.79 Å². The maximum atomic E-state index is 12.0. The molecule has 1 saturated heterocycles. The molecule has 0 spiro atoms. The average molecular weight is 256 g/mol. The van der Waals surface area contributed by atoms with Crippen LogP contribution in [0, 0.1) is 0 Å². The molecule has 0 aliphatic carbocycles. The Labute approximate surface area is 111 Å². The SMILES string of the molecule is CCCCCC(=O)N1CCC(COC)(NC)CC1. The van der Waals surface area contributed by atoms with Gasteiger partial charge >= 0.3 is 0 Å². The Bertz CT molecular complexity index is 248. The van der Waals surface area contributed by atoms with Crippen molar-refractivity contribution in [2.75, 3.05) is 33.9 Å². The third-order valence-corrected chi connectivity index (χ3v) is 4.02. The minimum atomic E-state index is 0.0644. The molecule has 0 unspecified atom stereocenters. The van der Waals surface area contributed by atoms with Crippen molar-refractivity contribution in [1.82, 2.24) is 10.2 Å².